The van der Waals surface area contributed by atoms with Gasteiger partial charge in [0.15, 0.2) is 0 Å². The second-order valence-electron chi connectivity index (χ2n) is 10.8. The summed E-state index contributed by atoms with van der Waals surface area (Å²) in [6.45, 7) is 0. The molecule has 0 saturated heterocycles. The molecule has 0 bridgehead atoms. The lowest BCUT2D eigenvalue weighted by Gasteiger charge is -2.15. The highest BCUT2D eigenvalue weighted by molar-refractivity contribution is 8.00. The average Bonchev–Trinajstić information content (AvgIpc) is 3.42. The van der Waals surface area contributed by atoms with E-state index in [-0.39, 0.29) is 28.6 Å². The summed E-state index contributed by atoms with van der Waals surface area (Å²) in [6, 6.07) is 29.5. The zero-order valence-electron chi connectivity index (χ0n) is 24.8. The monoisotopic (exact) mass is 630 g/mol. The van der Waals surface area contributed by atoms with Crippen molar-refractivity contribution in [1.82, 2.24) is 9.88 Å². The molecule has 230 valence electrons. The summed E-state index contributed by atoms with van der Waals surface area (Å²) in [5.41, 5.74) is 3.87. The van der Waals surface area contributed by atoms with E-state index in [0.29, 0.717) is 11.3 Å². The molecule has 2 amide bonds. The molecule has 6 rings (SSSR count). The highest BCUT2D eigenvalue weighted by atomic mass is 32.2. The van der Waals surface area contributed by atoms with E-state index >= 15 is 0 Å². The minimum atomic E-state index is -0.661. The molecule has 2 N–H and O–H groups in total. The van der Waals surface area contributed by atoms with Gasteiger partial charge in [0, 0.05) is 33.3 Å². The zero-order valence-corrected chi connectivity index (χ0v) is 25.6. The van der Waals surface area contributed by atoms with Crippen LogP contribution in [-0.4, -0.2) is 33.0 Å². The molecular formula is C36H30N4O5S. The zero-order chi connectivity index (χ0) is 32.0. The Morgan fingerprint density at radius 2 is 1.61 bits per heavy atom. The lowest BCUT2D eigenvalue weighted by molar-refractivity contribution is -0.385. The maximum atomic E-state index is 13.6. The molecule has 1 aliphatic rings. The van der Waals surface area contributed by atoms with E-state index in [1.54, 1.807) is 54.6 Å². The molecule has 46 heavy (non-hydrogen) atoms. The molecule has 0 radical (unpaired) electrons. The number of carbonyl (C=O) groups excluding carboxylic acids is 3. The van der Waals surface area contributed by atoms with Gasteiger partial charge in [0.05, 0.1) is 21.8 Å². The van der Waals surface area contributed by atoms with Crippen molar-refractivity contribution in [2.24, 2.45) is 0 Å². The smallest absolute Gasteiger partial charge is 0.276 e. The molecule has 0 aliphatic heterocycles. The van der Waals surface area contributed by atoms with Gasteiger partial charge in [0.25, 0.3) is 17.5 Å². The Morgan fingerprint density at radius 1 is 0.870 bits per heavy atom. The molecule has 0 unspecified atom stereocenters. The molecular weight excluding hydrogens is 600 g/mol. The minimum absolute atomic E-state index is 0.00270. The predicted octanol–water partition coefficient (Wildman–Crippen LogP) is 7.27. The Labute approximate surface area is 269 Å². The van der Waals surface area contributed by atoms with Crippen molar-refractivity contribution in [3.05, 3.63) is 141 Å². The van der Waals surface area contributed by atoms with E-state index in [1.807, 2.05) is 28.8 Å². The largest absolute Gasteiger partial charge is 0.321 e. The topological polar surface area (TPSA) is 123 Å². The van der Waals surface area contributed by atoms with Crippen LogP contribution in [0.15, 0.2) is 114 Å². The number of carbonyl (C=O) groups is 3. The summed E-state index contributed by atoms with van der Waals surface area (Å²) in [4.78, 5) is 51.9. The number of rotatable bonds is 9. The minimum Gasteiger partial charge on any atom is -0.321 e. The standard InChI is InChI=1S/C36H30N4O5S/c41-34(39-32-19-8-5-16-28(32)29-17-6-9-20-33(29)39)23-46-27-15-10-14-26(22-27)37-36(43)30(38-35(42)24-11-2-1-3-12-24)21-25-13-4-7-18-31(25)40(44)45/h1-5,7-8,10-16,18-19,21-22H,6,9,17,20,23H2,(H,37,43)(H,38,42)/b30-21-. The Kier molecular flexibility index (Phi) is 9.07. The number of amides is 2. The summed E-state index contributed by atoms with van der Waals surface area (Å²) < 4.78 is 1.87. The number of hydrogen-bond acceptors (Lipinski definition) is 6. The van der Waals surface area contributed by atoms with Gasteiger partial charge in [-0.3, -0.25) is 29.1 Å². The van der Waals surface area contributed by atoms with Gasteiger partial charge in [-0.15, -0.1) is 11.8 Å². The molecule has 0 saturated carbocycles. The van der Waals surface area contributed by atoms with Crippen LogP contribution >= 0.6 is 11.8 Å². The highest BCUT2D eigenvalue weighted by Crippen LogP contribution is 2.33. The Bertz CT molecular complexity index is 2000. The first kappa shape index (κ1) is 30.5. The van der Waals surface area contributed by atoms with Crippen molar-refractivity contribution in [2.45, 2.75) is 30.6 Å². The van der Waals surface area contributed by atoms with E-state index in [1.165, 1.54) is 41.6 Å². The fraction of sp³-hybridized carbons (Fsp3) is 0.139. The number of nitro groups is 1. The molecule has 5 aromatic rings. The summed E-state index contributed by atoms with van der Waals surface area (Å²) in [6.07, 6.45) is 5.33. The summed E-state index contributed by atoms with van der Waals surface area (Å²) in [5.74, 6) is -0.996. The number of para-hydroxylation sites is 2. The van der Waals surface area contributed by atoms with E-state index in [4.69, 9.17) is 0 Å². The molecule has 0 atom stereocenters. The SMILES string of the molecule is O=C(Nc1cccc(SCC(=O)n2c3c(c4ccccc42)CCCC3)c1)/C(=C/c1ccccc1[N+](=O)[O-])NC(=O)c1ccccc1. The van der Waals surface area contributed by atoms with Crippen LogP contribution in [0.1, 0.15) is 44.8 Å². The van der Waals surface area contributed by atoms with Crippen molar-refractivity contribution in [3.63, 3.8) is 0 Å². The first-order valence-electron chi connectivity index (χ1n) is 14.9. The number of benzene rings is 4. The van der Waals surface area contributed by atoms with Crippen molar-refractivity contribution in [1.29, 1.82) is 0 Å². The number of nitro benzene ring substituents is 1. The molecule has 9 nitrogen and oxygen atoms in total. The van der Waals surface area contributed by atoms with Gasteiger partial charge in [-0.2, -0.15) is 0 Å². The number of nitrogens with zero attached hydrogens (tertiary/aromatic N) is 2. The molecule has 4 aromatic carbocycles. The van der Waals surface area contributed by atoms with Crippen molar-refractivity contribution >= 4 is 57.8 Å². The lowest BCUT2D eigenvalue weighted by Crippen LogP contribution is -2.30. The third-order valence-corrected chi connectivity index (χ3v) is 8.82. The normalized spacial score (nSPS) is 12.7. The number of aromatic nitrogens is 1. The quantitative estimate of drug-likeness (QED) is 0.0764. The number of thioether (sulfide) groups is 1. The van der Waals surface area contributed by atoms with Gasteiger partial charge in [-0.1, -0.05) is 54.6 Å². The van der Waals surface area contributed by atoms with Crippen LogP contribution in [0.2, 0.25) is 0 Å². The van der Waals surface area contributed by atoms with Gasteiger partial charge in [0.2, 0.25) is 5.91 Å². The average molecular weight is 631 g/mol. The third kappa shape index (κ3) is 6.62. The number of nitrogens with one attached hydrogen (secondary N) is 2. The first-order chi connectivity index (χ1) is 22.4. The van der Waals surface area contributed by atoms with Crippen LogP contribution in [0.5, 0.6) is 0 Å². The van der Waals surface area contributed by atoms with Gasteiger partial charge >= 0.3 is 0 Å². The van der Waals surface area contributed by atoms with Crippen LogP contribution in [0.25, 0.3) is 17.0 Å². The number of hydrogen-bond donors (Lipinski definition) is 2. The van der Waals surface area contributed by atoms with Crippen LogP contribution in [0, 0.1) is 10.1 Å². The fourth-order valence-corrected chi connectivity index (χ4v) is 6.53. The second-order valence-corrected chi connectivity index (χ2v) is 11.9. The molecule has 0 fully saturated rings. The maximum absolute atomic E-state index is 13.6. The van der Waals surface area contributed by atoms with Crippen molar-refractivity contribution in [2.75, 3.05) is 11.1 Å². The van der Waals surface area contributed by atoms with Crippen LogP contribution in [-0.2, 0) is 17.6 Å². The highest BCUT2D eigenvalue weighted by Gasteiger charge is 2.23. The van der Waals surface area contributed by atoms with E-state index in [9.17, 15) is 24.5 Å². The maximum Gasteiger partial charge on any atom is 0.276 e. The van der Waals surface area contributed by atoms with Crippen LogP contribution < -0.4 is 10.6 Å². The second kappa shape index (κ2) is 13.7. The Morgan fingerprint density at radius 3 is 2.43 bits per heavy atom. The molecule has 1 heterocycles. The number of aryl methyl sites for hydroxylation is 1. The third-order valence-electron chi connectivity index (χ3n) is 7.84. The lowest BCUT2D eigenvalue weighted by atomic mass is 9.96. The summed E-state index contributed by atoms with van der Waals surface area (Å²) >= 11 is 1.37. The van der Waals surface area contributed by atoms with E-state index in [0.717, 1.165) is 47.2 Å². The summed E-state index contributed by atoms with van der Waals surface area (Å²) in [5, 5.41) is 18.2. The van der Waals surface area contributed by atoms with Crippen molar-refractivity contribution < 1.29 is 19.3 Å². The Balaban J connectivity index is 1.21. The van der Waals surface area contributed by atoms with Gasteiger partial charge in [0.1, 0.15) is 5.70 Å². The fourth-order valence-electron chi connectivity index (χ4n) is 5.73. The van der Waals surface area contributed by atoms with Crippen LogP contribution in [0.4, 0.5) is 11.4 Å². The Hall–Kier alpha value is -5.48. The van der Waals surface area contributed by atoms with E-state index in [2.05, 4.69) is 16.7 Å². The van der Waals surface area contributed by atoms with E-state index < -0.39 is 16.7 Å². The predicted molar refractivity (Wildman–Crippen MR) is 180 cm³/mol. The number of anilines is 1. The van der Waals surface area contributed by atoms with Gasteiger partial charge in [-0.25, -0.2) is 0 Å². The molecule has 1 aromatic heterocycles. The van der Waals surface area contributed by atoms with Gasteiger partial charge < -0.3 is 10.6 Å². The number of fused-ring (bicyclic) bond motifs is 3. The molecule has 10 heteroatoms. The first-order valence-corrected chi connectivity index (χ1v) is 15.9. The van der Waals surface area contributed by atoms with Crippen LogP contribution in [0.3, 0.4) is 0 Å². The molecule has 0 spiro atoms. The molecule has 1 aliphatic carbocycles. The summed E-state index contributed by atoms with van der Waals surface area (Å²) in [7, 11) is 0. The van der Waals surface area contributed by atoms with Crippen molar-refractivity contribution in [3.8, 4) is 0 Å². The van der Waals surface area contributed by atoms with Gasteiger partial charge in [-0.05, 0) is 79.8 Å².